The molecule has 0 radical (unpaired) electrons. The third-order valence-corrected chi connectivity index (χ3v) is 3.64. The van der Waals surface area contributed by atoms with Gasteiger partial charge < -0.3 is 21.5 Å². The molecule has 0 spiro atoms. The molecule has 0 saturated carbocycles. The summed E-state index contributed by atoms with van der Waals surface area (Å²) in [6.07, 6.45) is 19.4. The van der Waals surface area contributed by atoms with Crippen molar-refractivity contribution in [3.05, 3.63) is 0 Å². The standard InChI is InChI=1S/C17H34N.BrH/c1-5-7-8-9-10-11-12-13-14-15-17-18(3,4)16-6-2;/h2H,5,7-17H2,1,3-4H3;1H/q+1;/p-1. The maximum atomic E-state index is 5.37. The van der Waals surface area contributed by atoms with Gasteiger partial charge in [0.15, 0.2) is 0 Å². The number of unbranched alkanes of at least 4 members (excludes halogenated alkanes) is 9. The van der Waals surface area contributed by atoms with E-state index >= 15 is 0 Å². The van der Waals surface area contributed by atoms with Crippen molar-refractivity contribution >= 4 is 0 Å². The van der Waals surface area contributed by atoms with Gasteiger partial charge in [-0.15, -0.1) is 6.42 Å². The van der Waals surface area contributed by atoms with Crippen LogP contribution in [0, 0.1) is 12.3 Å². The van der Waals surface area contributed by atoms with E-state index in [1.54, 1.807) is 0 Å². The van der Waals surface area contributed by atoms with Crippen LogP contribution >= 0.6 is 0 Å². The van der Waals surface area contributed by atoms with Crippen molar-refractivity contribution in [1.82, 2.24) is 0 Å². The van der Waals surface area contributed by atoms with Crippen LogP contribution in [0.3, 0.4) is 0 Å². The van der Waals surface area contributed by atoms with Crippen LogP contribution in [0.4, 0.5) is 0 Å². The van der Waals surface area contributed by atoms with Crippen LogP contribution in [0.25, 0.3) is 0 Å². The van der Waals surface area contributed by atoms with Gasteiger partial charge >= 0.3 is 0 Å². The highest BCUT2D eigenvalue weighted by molar-refractivity contribution is 4.83. The second-order valence-corrected chi connectivity index (χ2v) is 6.20. The summed E-state index contributed by atoms with van der Waals surface area (Å²) in [6.45, 7) is 4.36. The Morgan fingerprint density at radius 2 is 1.21 bits per heavy atom. The Balaban J connectivity index is 0. The molecule has 2 heteroatoms. The van der Waals surface area contributed by atoms with E-state index in [-0.39, 0.29) is 17.0 Å². The molecule has 0 atom stereocenters. The predicted molar refractivity (Wildman–Crippen MR) is 82.5 cm³/mol. The Kier molecular flexibility index (Phi) is 16.2. The molecule has 0 fully saturated rings. The molecule has 0 aromatic heterocycles. The van der Waals surface area contributed by atoms with Gasteiger partial charge in [-0.25, -0.2) is 0 Å². The summed E-state index contributed by atoms with van der Waals surface area (Å²) in [5, 5.41) is 0. The summed E-state index contributed by atoms with van der Waals surface area (Å²) >= 11 is 0. The molecule has 0 bridgehead atoms. The van der Waals surface area contributed by atoms with Crippen LogP contribution < -0.4 is 17.0 Å². The normalized spacial score (nSPS) is 10.8. The van der Waals surface area contributed by atoms with Gasteiger partial charge in [0, 0.05) is 0 Å². The molecule has 0 aromatic rings. The van der Waals surface area contributed by atoms with E-state index in [0.29, 0.717) is 0 Å². The molecule has 0 rings (SSSR count). The summed E-state index contributed by atoms with van der Waals surface area (Å²) in [5.74, 6) is 2.77. The Morgan fingerprint density at radius 3 is 1.63 bits per heavy atom. The first-order chi connectivity index (χ1) is 8.62. The SMILES string of the molecule is C#CC[N+](C)(C)CCCCCCCCCCCC.[Br-]. The lowest BCUT2D eigenvalue weighted by molar-refractivity contribution is -0.883. The van der Waals surface area contributed by atoms with E-state index in [4.69, 9.17) is 6.42 Å². The van der Waals surface area contributed by atoms with Crippen molar-refractivity contribution in [2.24, 2.45) is 0 Å². The monoisotopic (exact) mass is 331 g/mol. The first-order valence-corrected chi connectivity index (χ1v) is 7.88. The van der Waals surface area contributed by atoms with E-state index in [9.17, 15) is 0 Å². The number of quaternary nitrogens is 1. The largest absolute Gasteiger partial charge is 1.00 e. The number of nitrogens with zero attached hydrogens (tertiary/aromatic N) is 1. The minimum absolute atomic E-state index is 0. The second-order valence-electron chi connectivity index (χ2n) is 6.20. The van der Waals surface area contributed by atoms with Crippen molar-refractivity contribution in [3.63, 3.8) is 0 Å². The van der Waals surface area contributed by atoms with Crippen molar-refractivity contribution in [3.8, 4) is 12.3 Å². The summed E-state index contributed by atoms with van der Waals surface area (Å²) in [6, 6.07) is 0. The van der Waals surface area contributed by atoms with Gasteiger partial charge in [0.25, 0.3) is 0 Å². The summed E-state index contributed by atoms with van der Waals surface area (Å²) < 4.78 is 0.980. The van der Waals surface area contributed by atoms with Gasteiger partial charge in [0.2, 0.25) is 0 Å². The third-order valence-electron chi connectivity index (χ3n) is 3.64. The molecule has 0 amide bonds. The van der Waals surface area contributed by atoms with Crippen molar-refractivity contribution in [2.75, 3.05) is 27.2 Å². The molecular formula is C17H34BrN. The van der Waals surface area contributed by atoms with Crippen LogP contribution in [-0.4, -0.2) is 31.7 Å². The fraction of sp³-hybridized carbons (Fsp3) is 0.882. The maximum absolute atomic E-state index is 5.37. The van der Waals surface area contributed by atoms with Crippen LogP contribution in [0.15, 0.2) is 0 Å². The highest BCUT2D eigenvalue weighted by atomic mass is 79.9. The van der Waals surface area contributed by atoms with Crippen molar-refractivity contribution in [1.29, 1.82) is 0 Å². The lowest BCUT2D eigenvalue weighted by Gasteiger charge is -2.27. The van der Waals surface area contributed by atoms with Crippen LogP contribution in [0.5, 0.6) is 0 Å². The molecular weight excluding hydrogens is 298 g/mol. The fourth-order valence-corrected chi connectivity index (χ4v) is 2.35. The van der Waals surface area contributed by atoms with E-state index in [1.165, 1.54) is 70.8 Å². The molecule has 114 valence electrons. The average molecular weight is 332 g/mol. The van der Waals surface area contributed by atoms with Gasteiger partial charge in [0.05, 0.1) is 20.6 Å². The number of terminal acetylenes is 1. The Labute approximate surface area is 132 Å². The van der Waals surface area contributed by atoms with Gasteiger partial charge in [-0.3, -0.25) is 0 Å². The average Bonchev–Trinajstić information content (AvgIpc) is 2.31. The van der Waals surface area contributed by atoms with Crippen LogP contribution in [-0.2, 0) is 0 Å². The molecule has 0 heterocycles. The van der Waals surface area contributed by atoms with Gasteiger partial charge in [-0.05, 0) is 18.8 Å². The first kappa shape index (κ1) is 21.3. The minimum atomic E-state index is 0. The minimum Gasteiger partial charge on any atom is -1.00 e. The Bertz CT molecular complexity index is 218. The molecule has 1 nitrogen and oxygen atoms in total. The van der Waals surface area contributed by atoms with Crippen LogP contribution in [0.2, 0.25) is 0 Å². The number of halogens is 1. The molecule has 0 saturated heterocycles. The van der Waals surface area contributed by atoms with Crippen molar-refractivity contribution in [2.45, 2.75) is 71.1 Å². The first-order valence-electron chi connectivity index (χ1n) is 7.88. The highest BCUT2D eigenvalue weighted by Crippen LogP contribution is 2.11. The zero-order valence-electron chi connectivity index (χ0n) is 13.4. The van der Waals surface area contributed by atoms with E-state index in [2.05, 4.69) is 26.9 Å². The molecule has 0 N–H and O–H groups in total. The smallest absolute Gasteiger partial charge is 0.140 e. The number of hydrogen-bond acceptors (Lipinski definition) is 0. The lowest BCUT2D eigenvalue weighted by Crippen LogP contribution is -3.00. The molecule has 0 aliphatic carbocycles. The molecule has 19 heavy (non-hydrogen) atoms. The zero-order valence-corrected chi connectivity index (χ0v) is 15.0. The quantitative estimate of drug-likeness (QED) is 0.289. The predicted octanol–water partition coefficient (Wildman–Crippen LogP) is 1.62. The van der Waals surface area contributed by atoms with Gasteiger partial charge in [-0.2, -0.15) is 0 Å². The fourth-order valence-electron chi connectivity index (χ4n) is 2.35. The van der Waals surface area contributed by atoms with Crippen molar-refractivity contribution < 1.29 is 21.5 Å². The molecule has 0 aliphatic heterocycles. The highest BCUT2D eigenvalue weighted by Gasteiger charge is 2.11. The number of rotatable bonds is 12. The molecule has 0 aromatic carbocycles. The van der Waals surface area contributed by atoms with Gasteiger partial charge in [0.1, 0.15) is 6.54 Å². The lowest BCUT2D eigenvalue weighted by atomic mass is 10.1. The van der Waals surface area contributed by atoms with Gasteiger partial charge in [-0.1, -0.05) is 58.3 Å². The second kappa shape index (κ2) is 14.4. The topological polar surface area (TPSA) is 0 Å². The summed E-state index contributed by atoms with van der Waals surface area (Å²) in [4.78, 5) is 0. The summed E-state index contributed by atoms with van der Waals surface area (Å²) in [5.41, 5.74) is 0. The maximum Gasteiger partial charge on any atom is 0.140 e. The third kappa shape index (κ3) is 15.9. The van der Waals surface area contributed by atoms with E-state index in [0.717, 1.165) is 11.0 Å². The number of hydrogen-bond donors (Lipinski definition) is 0. The molecule has 0 aliphatic rings. The Morgan fingerprint density at radius 1 is 0.789 bits per heavy atom. The summed E-state index contributed by atoms with van der Waals surface area (Å²) in [7, 11) is 4.46. The van der Waals surface area contributed by atoms with E-state index < -0.39 is 0 Å². The molecule has 0 unspecified atom stereocenters. The Hall–Kier alpha value is 0. The van der Waals surface area contributed by atoms with E-state index in [1.807, 2.05) is 0 Å². The zero-order chi connectivity index (χ0) is 13.7. The van der Waals surface area contributed by atoms with Crippen LogP contribution in [0.1, 0.15) is 71.1 Å².